The minimum Gasteiger partial charge on any atom is -0.780 e. The molecule has 0 aliphatic heterocycles. The monoisotopic (exact) mass is 474 g/mol. The molecule has 96 valence electrons. The van der Waals surface area contributed by atoms with Crippen LogP contribution in [-0.4, -0.2) is 39.9 Å². The molecule has 0 atom stereocenters. The van der Waals surface area contributed by atoms with Gasteiger partial charge in [0.15, 0.2) is 0 Å². The quantitative estimate of drug-likeness (QED) is 0.302. The molecule has 0 rings (SSSR count). The molecule has 0 aliphatic carbocycles. The fourth-order valence-corrected chi connectivity index (χ4v) is 0. The first-order valence-electron chi connectivity index (χ1n) is 2.00. The van der Waals surface area contributed by atoms with E-state index in [4.69, 9.17) is 39.9 Å². The van der Waals surface area contributed by atoms with Crippen LogP contribution in [0.4, 0.5) is 0 Å². The molecule has 0 aromatic heterocycles. The maximum atomic E-state index is 8.89. The fraction of sp³-hybridized carbons (Fsp3) is 0. The van der Waals surface area contributed by atoms with Crippen LogP contribution >= 0.6 is 0 Å². The Morgan fingerprint density at radius 3 is 0.429 bits per heavy atom. The Morgan fingerprint density at radius 1 is 0.429 bits per heavy atom. The molecule has 21 heavy (non-hydrogen) atoms. The second kappa shape index (κ2) is 29.1. The van der Waals surface area contributed by atoms with Gasteiger partial charge in [-0.15, -0.1) is 27.2 Å². The molecular formula is Na6O9S6. The van der Waals surface area contributed by atoms with E-state index in [2.05, 4.69) is 33.6 Å². The zero-order valence-corrected chi connectivity index (χ0v) is 29.0. The fourth-order valence-electron chi connectivity index (χ4n) is 0. The first-order chi connectivity index (χ1) is 6.00. The van der Waals surface area contributed by atoms with Crippen molar-refractivity contribution in [2.75, 3.05) is 0 Å². The maximum Gasteiger partial charge on any atom is 1.00 e. The SMILES string of the molecule is O=S([O-])([O-])=S.O=S([O-])([O-])=S.O=S([O-])([O-])=S.[Na+].[Na+].[Na+].[Na+].[Na+].[Na+]. The molecule has 0 saturated heterocycles. The second-order valence-corrected chi connectivity index (χ2v) is 7.35. The van der Waals surface area contributed by atoms with E-state index in [9.17, 15) is 0 Å². The Morgan fingerprint density at radius 2 is 0.429 bits per heavy atom. The van der Waals surface area contributed by atoms with Crippen molar-refractivity contribution in [1.29, 1.82) is 0 Å². The standard InChI is InChI=1S/6Na.3H2O3S2/c;;;;;;3*1-5(2,3)4/h;;;;;;3*(H2,1,2,3,4)/q6*+1;;;/p-6. The summed E-state index contributed by atoms with van der Waals surface area (Å²) in [6, 6.07) is 0. The molecule has 0 N–H and O–H groups in total. The summed E-state index contributed by atoms with van der Waals surface area (Å²) >= 11 is 9.73. The van der Waals surface area contributed by atoms with Gasteiger partial charge in [0.25, 0.3) is 0 Å². The van der Waals surface area contributed by atoms with Crippen LogP contribution in [-0.2, 0) is 60.7 Å². The van der Waals surface area contributed by atoms with Crippen molar-refractivity contribution in [3.63, 3.8) is 0 Å². The van der Waals surface area contributed by atoms with Gasteiger partial charge in [0, 0.05) is 0 Å². The normalized spacial score (nSPS) is 8.29. The van der Waals surface area contributed by atoms with E-state index in [1.165, 1.54) is 0 Å². The molecule has 0 spiro atoms. The van der Waals surface area contributed by atoms with E-state index in [-0.39, 0.29) is 177 Å². The van der Waals surface area contributed by atoms with Crippen LogP contribution in [0.5, 0.6) is 0 Å². The van der Waals surface area contributed by atoms with Crippen LogP contribution < -0.4 is 177 Å². The summed E-state index contributed by atoms with van der Waals surface area (Å²) in [6.45, 7) is 0. The van der Waals surface area contributed by atoms with Crippen LogP contribution in [0, 0.1) is 0 Å². The van der Waals surface area contributed by atoms with Gasteiger partial charge in [0.2, 0.25) is 0 Å². The third-order valence-corrected chi connectivity index (χ3v) is 0. The van der Waals surface area contributed by atoms with Gasteiger partial charge in [-0.25, -0.2) is 0 Å². The zero-order chi connectivity index (χ0) is 13.5. The van der Waals surface area contributed by atoms with E-state index >= 15 is 0 Å². The van der Waals surface area contributed by atoms with Gasteiger partial charge in [-0.3, -0.25) is 12.6 Å². The predicted octanol–water partition coefficient (Wildman–Crippen LogP) is -21.0. The van der Waals surface area contributed by atoms with E-state index in [0.717, 1.165) is 0 Å². The number of rotatable bonds is 0. The summed E-state index contributed by atoms with van der Waals surface area (Å²) in [5.74, 6) is 0. The molecule has 21 heteroatoms. The van der Waals surface area contributed by atoms with Crippen LogP contribution in [0.2, 0.25) is 0 Å². The third-order valence-electron chi connectivity index (χ3n) is 0. The summed E-state index contributed by atoms with van der Waals surface area (Å²) in [5.41, 5.74) is 0. The summed E-state index contributed by atoms with van der Waals surface area (Å²) in [6.07, 6.45) is 0. The molecule has 0 aromatic rings. The zero-order valence-electron chi connectivity index (χ0n) is 12.1. The van der Waals surface area contributed by atoms with Gasteiger partial charge in [-0.2, -0.15) is 0 Å². The van der Waals surface area contributed by atoms with Gasteiger partial charge in [-0.05, 0) is 33.6 Å². The predicted molar refractivity (Wildman–Crippen MR) is 51.2 cm³/mol. The van der Waals surface area contributed by atoms with Gasteiger partial charge < -0.3 is 27.3 Å². The molecule has 0 radical (unpaired) electrons. The average Bonchev–Trinajstić information content (AvgIpc) is 1.41. The number of hydrogen-bond donors (Lipinski definition) is 0. The van der Waals surface area contributed by atoms with E-state index in [1.807, 2.05) is 0 Å². The topological polar surface area (TPSA) is 190 Å². The first kappa shape index (κ1) is 56.5. The van der Waals surface area contributed by atoms with Gasteiger partial charge in [-0.1, -0.05) is 0 Å². The second-order valence-electron chi connectivity index (χ2n) is 1.22. The Kier molecular flexibility index (Phi) is 78.2. The molecule has 0 aromatic carbocycles. The summed E-state index contributed by atoms with van der Waals surface area (Å²) in [4.78, 5) is 0. The molecule has 0 aliphatic rings. The largest absolute Gasteiger partial charge is 1.00 e. The van der Waals surface area contributed by atoms with Crippen molar-refractivity contribution < 1.29 is 217 Å². The molecule has 0 unspecified atom stereocenters. The van der Waals surface area contributed by atoms with Crippen molar-refractivity contribution >= 4 is 60.7 Å². The van der Waals surface area contributed by atoms with Gasteiger partial charge in [0.05, 0.1) is 0 Å². The smallest absolute Gasteiger partial charge is 0.780 e. The van der Waals surface area contributed by atoms with Crippen LogP contribution in [0.15, 0.2) is 0 Å². The Labute approximate surface area is 271 Å². The maximum absolute atomic E-state index is 8.89. The molecule has 9 nitrogen and oxygen atoms in total. The molecule has 0 fully saturated rings. The van der Waals surface area contributed by atoms with Crippen molar-refractivity contribution in [1.82, 2.24) is 0 Å². The van der Waals surface area contributed by atoms with E-state index < -0.39 is 27.2 Å². The minimum atomic E-state index is -4.33. The van der Waals surface area contributed by atoms with Crippen molar-refractivity contribution in [2.45, 2.75) is 0 Å². The van der Waals surface area contributed by atoms with Crippen molar-refractivity contribution in [2.24, 2.45) is 0 Å². The van der Waals surface area contributed by atoms with E-state index in [0.29, 0.717) is 0 Å². The Bertz CT molecular complexity index is 354. The Hall–Kier alpha value is 6.87. The Balaban J connectivity index is -0.0000000129. The van der Waals surface area contributed by atoms with Crippen LogP contribution in [0.1, 0.15) is 0 Å². The van der Waals surface area contributed by atoms with Gasteiger partial charge in [0.1, 0.15) is 0 Å². The van der Waals surface area contributed by atoms with Crippen LogP contribution in [0.3, 0.4) is 0 Å². The molecule has 0 bridgehead atoms. The minimum absolute atomic E-state index is 0. The van der Waals surface area contributed by atoms with Gasteiger partial charge >= 0.3 is 177 Å². The first-order valence-corrected chi connectivity index (χ1v) is 9.00. The summed E-state index contributed by atoms with van der Waals surface area (Å²) in [5, 5.41) is 0. The van der Waals surface area contributed by atoms with Crippen molar-refractivity contribution in [3.8, 4) is 0 Å². The van der Waals surface area contributed by atoms with Crippen LogP contribution in [0.25, 0.3) is 0 Å². The number of hydrogen-bond acceptors (Lipinski definition) is 12. The average molecular weight is 474 g/mol. The third kappa shape index (κ3) is 352. The van der Waals surface area contributed by atoms with Crippen molar-refractivity contribution in [3.05, 3.63) is 0 Å². The molecule has 0 saturated carbocycles. The summed E-state index contributed by atoms with van der Waals surface area (Å²) in [7, 11) is -13.0. The summed E-state index contributed by atoms with van der Waals surface area (Å²) < 4.78 is 80.0. The van der Waals surface area contributed by atoms with E-state index in [1.54, 1.807) is 0 Å². The molecule has 0 heterocycles. The molecule has 0 amide bonds. The molecular weight excluding hydrogens is 474 g/mol.